The van der Waals surface area contributed by atoms with Crippen LogP contribution in [0.3, 0.4) is 0 Å². The lowest BCUT2D eigenvalue weighted by molar-refractivity contribution is 0.495. The quantitative estimate of drug-likeness (QED) is 0.882. The molecule has 1 aromatic carbocycles. The fraction of sp³-hybridized carbons (Fsp3) is 0.333. The summed E-state index contributed by atoms with van der Waals surface area (Å²) < 4.78 is 14.9. The molecule has 0 spiro atoms. The number of nitrogens with zero attached hydrogens (tertiary/aromatic N) is 1. The minimum Gasteiger partial charge on any atom is -0.297 e. The Morgan fingerprint density at radius 2 is 1.95 bits per heavy atom. The van der Waals surface area contributed by atoms with Crippen molar-refractivity contribution in [2.45, 2.75) is 26.8 Å². The highest BCUT2D eigenvalue weighted by atomic mass is 35.5. The lowest BCUT2D eigenvalue weighted by Gasteiger charge is -2.11. The third kappa shape index (κ3) is 3.24. The molecule has 0 aliphatic heterocycles. The Morgan fingerprint density at radius 3 is 2.57 bits per heavy atom. The van der Waals surface area contributed by atoms with Crippen LogP contribution in [0.4, 0.5) is 4.39 Å². The van der Waals surface area contributed by atoms with Gasteiger partial charge in [-0.25, -0.2) is 9.18 Å². The molecule has 0 aliphatic rings. The van der Waals surface area contributed by atoms with Gasteiger partial charge in [0.1, 0.15) is 11.0 Å². The van der Waals surface area contributed by atoms with E-state index in [0.717, 1.165) is 4.57 Å². The molecule has 21 heavy (non-hydrogen) atoms. The van der Waals surface area contributed by atoms with E-state index in [2.05, 4.69) is 4.98 Å². The van der Waals surface area contributed by atoms with E-state index in [1.54, 1.807) is 6.07 Å². The first-order chi connectivity index (χ1) is 9.91. The number of nitrogens with one attached hydrogen (secondary N) is 1. The number of aromatic amines is 1. The lowest BCUT2D eigenvalue weighted by Crippen LogP contribution is -2.36. The van der Waals surface area contributed by atoms with Crippen LogP contribution in [0.1, 0.15) is 20.3 Å². The zero-order valence-corrected chi connectivity index (χ0v) is 12.6. The van der Waals surface area contributed by atoms with Gasteiger partial charge in [-0.05, 0) is 18.4 Å². The van der Waals surface area contributed by atoms with Gasteiger partial charge in [0.2, 0.25) is 0 Å². The summed E-state index contributed by atoms with van der Waals surface area (Å²) in [4.78, 5) is 26.7. The first kappa shape index (κ1) is 15.5. The Kier molecular flexibility index (Phi) is 4.63. The van der Waals surface area contributed by atoms with Gasteiger partial charge in [-0.3, -0.25) is 14.3 Å². The fourth-order valence-electron chi connectivity index (χ4n) is 2.03. The van der Waals surface area contributed by atoms with Crippen molar-refractivity contribution in [3.8, 4) is 11.1 Å². The molecule has 2 aromatic rings. The highest BCUT2D eigenvalue weighted by molar-refractivity contribution is 6.32. The van der Waals surface area contributed by atoms with E-state index in [4.69, 9.17) is 11.6 Å². The molecule has 0 saturated heterocycles. The van der Waals surface area contributed by atoms with E-state index in [0.29, 0.717) is 12.3 Å². The van der Waals surface area contributed by atoms with E-state index in [-0.39, 0.29) is 22.8 Å². The summed E-state index contributed by atoms with van der Waals surface area (Å²) in [5, 5.41) is -0.143. The number of hydrogen-bond donors (Lipinski definition) is 1. The molecule has 1 aromatic heterocycles. The maximum absolute atomic E-state index is 13.9. The van der Waals surface area contributed by atoms with Gasteiger partial charge in [0.05, 0.1) is 5.56 Å². The van der Waals surface area contributed by atoms with Crippen molar-refractivity contribution in [2.75, 3.05) is 0 Å². The van der Waals surface area contributed by atoms with Crippen molar-refractivity contribution in [3.63, 3.8) is 0 Å². The molecular formula is C15H16ClFN2O2. The van der Waals surface area contributed by atoms with Crippen LogP contribution in [-0.4, -0.2) is 9.55 Å². The summed E-state index contributed by atoms with van der Waals surface area (Å²) in [6, 6.07) is 5.84. The van der Waals surface area contributed by atoms with Crippen molar-refractivity contribution in [1.82, 2.24) is 9.55 Å². The van der Waals surface area contributed by atoms with E-state index in [1.807, 2.05) is 13.8 Å². The van der Waals surface area contributed by atoms with Crippen molar-refractivity contribution < 1.29 is 4.39 Å². The molecular weight excluding hydrogens is 295 g/mol. The predicted octanol–water partition coefficient (Wildman–Crippen LogP) is 3.04. The molecule has 0 fully saturated rings. The van der Waals surface area contributed by atoms with Crippen LogP contribution in [0.15, 0.2) is 33.9 Å². The number of H-pyrrole nitrogens is 1. The zero-order valence-electron chi connectivity index (χ0n) is 11.8. The highest BCUT2D eigenvalue weighted by Crippen LogP contribution is 2.24. The van der Waals surface area contributed by atoms with Gasteiger partial charge in [-0.2, -0.15) is 0 Å². The number of aromatic nitrogens is 2. The van der Waals surface area contributed by atoms with Crippen molar-refractivity contribution in [2.24, 2.45) is 5.92 Å². The first-order valence-electron chi connectivity index (χ1n) is 6.69. The van der Waals surface area contributed by atoms with Gasteiger partial charge < -0.3 is 0 Å². The summed E-state index contributed by atoms with van der Waals surface area (Å²) in [6.07, 6.45) is 0.668. The summed E-state index contributed by atoms with van der Waals surface area (Å²) in [5.41, 5.74) is -1.08. The molecule has 0 unspecified atom stereocenters. The summed E-state index contributed by atoms with van der Waals surface area (Å²) in [6.45, 7) is 4.25. The second-order valence-corrected chi connectivity index (χ2v) is 5.62. The van der Waals surface area contributed by atoms with Crippen LogP contribution in [0.2, 0.25) is 5.15 Å². The van der Waals surface area contributed by atoms with Crippen LogP contribution in [-0.2, 0) is 6.54 Å². The third-order valence-corrected chi connectivity index (χ3v) is 3.50. The van der Waals surface area contributed by atoms with Crippen LogP contribution >= 0.6 is 11.6 Å². The molecule has 112 valence electrons. The van der Waals surface area contributed by atoms with Gasteiger partial charge in [-0.1, -0.05) is 43.6 Å². The van der Waals surface area contributed by atoms with Crippen LogP contribution in [0, 0.1) is 11.7 Å². The van der Waals surface area contributed by atoms with Crippen LogP contribution in [0.25, 0.3) is 11.1 Å². The van der Waals surface area contributed by atoms with Gasteiger partial charge in [0.25, 0.3) is 5.56 Å². The summed E-state index contributed by atoms with van der Waals surface area (Å²) >= 11 is 5.94. The molecule has 4 nitrogen and oxygen atoms in total. The Morgan fingerprint density at radius 1 is 1.29 bits per heavy atom. The predicted molar refractivity (Wildman–Crippen MR) is 81.2 cm³/mol. The molecule has 1 N–H and O–H groups in total. The Balaban J connectivity index is 2.63. The second kappa shape index (κ2) is 6.26. The van der Waals surface area contributed by atoms with Gasteiger partial charge in [-0.15, -0.1) is 0 Å². The zero-order chi connectivity index (χ0) is 15.6. The molecule has 0 bridgehead atoms. The SMILES string of the molecule is CC(C)CCn1c(=O)[nH]c(Cl)c(-c2ccccc2F)c1=O. The number of hydrogen-bond acceptors (Lipinski definition) is 2. The van der Waals surface area contributed by atoms with Crippen molar-refractivity contribution >= 4 is 11.6 Å². The first-order valence-corrected chi connectivity index (χ1v) is 7.07. The minimum absolute atomic E-state index is 0.0156. The molecule has 0 aliphatic carbocycles. The van der Waals surface area contributed by atoms with Crippen molar-refractivity contribution in [3.05, 3.63) is 56.1 Å². The average molecular weight is 311 g/mol. The molecule has 1 heterocycles. The number of halogens is 2. The molecule has 0 amide bonds. The Bertz CT molecular complexity index is 765. The van der Waals surface area contributed by atoms with Crippen LogP contribution in [0.5, 0.6) is 0 Å². The van der Waals surface area contributed by atoms with E-state index in [9.17, 15) is 14.0 Å². The molecule has 0 atom stereocenters. The molecule has 2 rings (SSSR count). The lowest BCUT2D eigenvalue weighted by atomic mass is 10.1. The number of benzene rings is 1. The molecule has 6 heteroatoms. The van der Waals surface area contributed by atoms with Gasteiger partial charge >= 0.3 is 5.69 Å². The Labute approximate surface area is 126 Å². The fourth-order valence-corrected chi connectivity index (χ4v) is 2.30. The molecule has 0 radical (unpaired) electrons. The largest absolute Gasteiger partial charge is 0.329 e. The highest BCUT2D eigenvalue weighted by Gasteiger charge is 2.17. The summed E-state index contributed by atoms with van der Waals surface area (Å²) in [7, 11) is 0. The minimum atomic E-state index is -0.578. The topological polar surface area (TPSA) is 54.9 Å². The standard InChI is InChI=1S/C15H16ClFN2O2/c1-9(2)7-8-19-14(20)12(13(16)18-15(19)21)10-5-3-4-6-11(10)17/h3-6,9H,7-8H2,1-2H3,(H,18,21). The van der Waals surface area contributed by atoms with Gasteiger partial charge in [0.15, 0.2) is 0 Å². The van der Waals surface area contributed by atoms with Crippen LogP contribution < -0.4 is 11.2 Å². The van der Waals surface area contributed by atoms with Gasteiger partial charge in [0, 0.05) is 12.1 Å². The van der Waals surface area contributed by atoms with E-state index >= 15 is 0 Å². The smallest absolute Gasteiger partial charge is 0.297 e. The molecule has 0 saturated carbocycles. The van der Waals surface area contributed by atoms with E-state index in [1.165, 1.54) is 18.2 Å². The summed E-state index contributed by atoms with van der Waals surface area (Å²) in [5.74, 6) is -0.220. The monoisotopic (exact) mass is 310 g/mol. The second-order valence-electron chi connectivity index (χ2n) is 5.24. The normalized spacial score (nSPS) is 11.1. The Hall–Kier alpha value is -1.88. The third-order valence-electron chi connectivity index (χ3n) is 3.21. The number of rotatable bonds is 4. The maximum atomic E-state index is 13.9. The maximum Gasteiger partial charge on any atom is 0.329 e. The average Bonchev–Trinajstić information content (AvgIpc) is 2.40. The van der Waals surface area contributed by atoms with Crippen molar-refractivity contribution in [1.29, 1.82) is 0 Å². The van der Waals surface area contributed by atoms with E-state index < -0.39 is 17.1 Å².